The largest absolute Gasteiger partial charge is 0.411 e. The molecule has 0 aliphatic rings. The highest BCUT2D eigenvalue weighted by atomic mass is 16.4. The second kappa shape index (κ2) is 13.5. The van der Waals surface area contributed by atoms with Crippen LogP contribution in [0.4, 0.5) is 0 Å². The van der Waals surface area contributed by atoms with E-state index in [4.69, 9.17) is 5.21 Å². The van der Waals surface area contributed by atoms with Crippen molar-refractivity contribution in [3.05, 3.63) is 0 Å². The van der Waals surface area contributed by atoms with Crippen molar-refractivity contribution in [2.75, 3.05) is 0 Å². The number of nitrogens with zero attached hydrogens (tertiary/aromatic N) is 1. The van der Waals surface area contributed by atoms with Gasteiger partial charge in [-0.05, 0) is 18.8 Å². The van der Waals surface area contributed by atoms with E-state index in [9.17, 15) is 0 Å². The lowest BCUT2D eigenvalue weighted by molar-refractivity contribution is 0.320. The molecule has 0 aliphatic carbocycles. The Morgan fingerprint density at radius 2 is 1.29 bits per heavy atom. The predicted molar refractivity (Wildman–Crippen MR) is 75.9 cm³/mol. The van der Waals surface area contributed by atoms with Gasteiger partial charge in [0.05, 0.1) is 0 Å². The van der Waals surface area contributed by atoms with Crippen molar-refractivity contribution in [1.82, 2.24) is 0 Å². The Bertz CT molecular complexity index is 166. The van der Waals surface area contributed by atoms with Crippen molar-refractivity contribution in [2.24, 2.45) is 11.1 Å². The molecule has 1 N–H and O–H groups in total. The van der Waals surface area contributed by atoms with Crippen molar-refractivity contribution in [1.29, 1.82) is 0 Å². The molecule has 0 atom stereocenters. The Hall–Kier alpha value is -0.530. The molecule has 0 rings (SSSR count). The minimum absolute atomic E-state index is 0.873. The van der Waals surface area contributed by atoms with Crippen LogP contribution in [0.2, 0.25) is 0 Å². The third kappa shape index (κ3) is 15.5. The standard InChI is InChI=1S/C15H31NO/c1-15(2)13-11-9-7-5-3-4-6-8-10-12-14-16-17/h14-15,17H,3-13H2,1-2H3. The molecule has 0 fully saturated rings. The Morgan fingerprint density at radius 1 is 0.824 bits per heavy atom. The lowest BCUT2D eigenvalue weighted by atomic mass is 10.0. The van der Waals surface area contributed by atoms with Gasteiger partial charge in [-0.1, -0.05) is 71.6 Å². The van der Waals surface area contributed by atoms with Gasteiger partial charge in [-0.2, -0.15) is 0 Å². The maximum Gasteiger partial charge on any atom is 0.0435 e. The minimum Gasteiger partial charge on any atom is -0.411 e. The first-order valence-corrected chi connectivity index (χ1v) is 7.43. The molecule has 0 saturated heterocycles. The molecule has 0 heterocycles. The summed E-state index contributed by atoms with van der Waals surface area (Å²) in [6, 6.07) is 0. The van der Waals surface area contributed by atoms with Crippen LogP contribution >= 0.6 is 0 Å². The van der Waals surface area contributed by atoms with Crippen LogP contribution in [-0.2, 0) is 0 Å². The van der Waals surface area contributed by atoms with Gasteiger partial charge in [0.2, 0.25) is 0 Å². The van der Waals surface area contributed by atoms with Crippen LogP contribution in [0, 0.1) is 5.92 Å². The van der Waals surface area contributed by atoms with Crippen LogP contribution in [0.3, 0.4) is 0 Å². The van der Waals surface area contributed by atoms with Gasteiger partial charge in [-0.15, -0.1) is 5.16 Å². The number of hydrogen-bond donors (Lipinski definition) is 1. The minimum atomic E-state index is 0.873. The van der Waals surface area contributed by atoms with Crippen LogP contribution in [0.15, 0.2) is 5.16 Å². The van der Waals surface area contributed by atoms with Crippen LogP contribution < -0.4 is 0 Å². The summed E-state index contributed by atoms with van der Waals surface area (Å²) in [7, 11) is 0. The lowest BCUT2D eigenvalue weighted by Gasteiger charge is -2.04. The van der Waals surface area contributed by atoms with Crippen LogP contribution in [0.5, 0.6) is 0 Å². The quantitative estimate of drug-likeness (QED) is 0.211. The van der Waals surface area contributed by atoms with Gasteiger partial charge in [-0.3, -0.25) is 0 Å². The maximum absolute atomic E-state index is 8.21. The number of unbranched alkanes of at least 4 members (excludes halogenated alkanes) is 9. The van der Waals surface area contributed by atoms with Gasteiger partial charge >= 0.3 is 0 Å². The van der Waals surface area contributed by atoms with Crippen molar-refractivity contribution in [3.63, 3.8) is 0 Å². The molecular formula is C15H31NO. The van der Waals surface area contributed by atoms with Crippen molar-refractivity contribution >= 4 is 6.21 Å². The normalized spacial score (nSPS) is 11.7. The second-order valence-corrected chi connectivity index (χ2v) is 5.45. The molecule has 17 heavy (non-hydrogen) atoms. The Labute approximate surface area is 107 Å². The highest BCUT2D eigenvalue weighted by molar-refractivity contribution is 5.55. The second-order valence-electron chi connectivity index (χ2n) is 5.45. The van der Waals surface area contributed by atoms with E-state index >= 15 is 0 Å². The number of hydrogen-bond acceptors (Lipinski definition) is 2. The summed E-state index contributed by atoms with van der Waals surface area (Å²) in [5, 5.41) is 11.2. The fraction of sp³-hybridized carbons (Fsp3) is 0.933. The van der Waals surface area contributed by atoms with Gasteiger partial charge in [0.1, 0.15) is 0 Å². The number of rotatable bonds is 12. The number of oxime groups is 1. The molecule has 0 bridgehead atoms. The Kier molecular flexibility index (Phi) is 13.1. The van der Waals surface area contributed by atoms with Crippen molar-refractivity contribution in [2.45, 2.75) is 84.5 Å². The van der Waals surface area contributed by atoms with E-state index in [-0.39, 0.29) is 0 Å². The van der Waals surface area contributed by atoms with Crippen LogP contribution in [0.1, 0.15) is 84.5 Å². The first kappa shape index (κ1) is 16.5. The molecule has 2 heteroatoms. The zero-order chi connectivity index (χ0) is 12.8. The first-order valence-electron chi connectivity index (χ1n) is 7.43. The summed E-state index contributed by atoms with van der Waals surface area (Å²) in [5.74, 6) is 0.873. The van der Waals surface area contributed by atoms with E-state index in [2.05, 4.69) is 19.0 Å². The molecule has 102 valence electrons. The molecule has 0 unspecified atom stereocenters. The molecule has 0 radical (unpaired) electrons. The zero-order valence-corrected chi connectivity index (χ0v) is 11.8. The molecule has 0 amide bonds. The molecular weight excluding hydrogens is 210 g/mol. The van der Waals surface area contributed by atoms with Gasteiger partial charge in [0.15, 0.2) is 0 Å². The molecule has 0 aromatic rings. The summed E-state index contributed by atoms with van der Waals surface area (Å²) in [6.45, 7) is 4.61. The summed E-state index contributed by atoms with van der Waals surface area (Å²) in [6.07, 6.45) is 16.1. The SMILES string of the molecule is CC(C)CCCCCCCCCCCC=NO. The predicted octanol–water partition coefficient (Wildman–Crippen LogP) is 5.39. The molecule has 0 spiro atoms. The van der Waals surface area contributed by atoms with E-state index in [0.29, 0.717) is 0 Å². The van der Waals surface area contributed by atoms with E-state index in [1.165, 1.54) is 64.2 Å². The van der Waals surface area contributed by atoms with E-state index < -0.39 is 0 Å². The van der Waals surface area contributed by atoms with E-state index in [1.54, 1.807) is 6.21 Å². The molecule has 0 aliphatic heterocycles. The van der Waals surface area contributed by atoms with Gasteiger partial charge < -0.3 is 5.21 Å². The van der Waals surface area contributed by atoms with Gasteiger partial charge in [-0.25, -0.2) is 0 Å². The summed E-state index contributed by atoms with van der Waals surface area (Å²) in [4.78, 5) is 0. The summed E-state index contributed by atoms with van der Waals surface area (Å²) in [5.41, 5.74) is 0. The highest BCUT2D eigenvalue weighted by Crippen LogP contribution is 2.13. The Morgan fingerprint density at radius 3 is 1.76 bits per heavy atom. The smallest absolute Gasteiger partial charge is 0.0435 e. The van der Waals surface area contributed by atoms with Gasteiger partial charge in [0.25, 0.3) is 0 Å². The fourth-order valence-electron chi connectivity index (χ4n) is 2.08. The average molecular weight is 241 g/mol. The molecule has 2 nitrogen and oxygen atoms in total. The average Bonchev–Trinajstić information content (AvgIpc) is 2.30. The Balaban J connectivity index is 2.94. The van der Waals surface area contributed by atoms with Crippen molar-refractivity contribution in [3.8, 4) is 0 Å². The molecule has 0 saturated carbocycles. The fourth-order valence-corrected chi connectivity index (χ4v) is 2.08. The van der Waals surface area contributed by atoms with Gasteiger partial charge in [0, 0.05) is 6.21 Å². The molecule has 0 aromatic heterocycles. The topological polar surface area (TPSA) is 32.6 Å². The van der Waals surface area contributed by atoms with Crippen molar-refractivity contribution < 1.29 is 5.21 Å². The summed E-state index contributed by atoms with van der Waals surface area (Å²) < 4.78 is 0. The molecule has 0 aromatic carbocycles. The van der Waals surface area contributed by atoms with E-state index in [1.807, 2.05) is 0 Å². The monoisotopic (exact) mass is 241 g/mol. The first-order chi connectivity index (χ1) is 8.27. The summed E-state index contributed by atoms with van der Waals surface area (Å²) >= 11 is 0. The third-order valence-electron chi connectivity index (χ3n) is 3.20. The van der Waals surface area contributed by atoms with Crippen LogP contribution in [0.25, 0.3) is 0 Å². The zero-order valence-electron chi connectivity index (χ0n) is 11.8. The van der Waals surface area contributed by atoms with E-state index in [0.717, 1.165) is 12.3 Å². The maximum atomic E-state index is 8.21. The third-order valence-corrected chi connectivity index (χ3v) is 3.20. The lowest BCUT2D eigenvalue weighted by Crippen LogP contribution is -1.87. The van der Waals surface area contributed by atoms with Crippen LogP contribution in [-0.4, -0.2) is 11.4 Å². The highest BCUT2D eigenvalue weighted by Gasteiger charge is 1.95.